The highest BCUT2D eigenvalue weighted by atomic mass is 79.9. The zero-order chi connectivity index (χ0) is 15.1. The van der Waals surface area contributed by atoms with Gasteiger partial charge < -0.3 is 15.7 Å². The van der Waals surface area contributed by atoms with Crippen LogP contribution in [-0.4, -0.2) is 23.1 Å². The molecule has 0 aliphatic rings. The number of carboxylic acids is 1. The monoisotopic (exact) mass is 342 g/mol. The number of unbranched alkanes of at least 4 members (excludes halogenated alkanes) is 1. The summed E-state index contributed by atoms with van der Waals surface area (Å²) in [5.41, 5.74) is 1.62. The van der Waals surface area contributed by atoms with Crippen LogP contribution in [0.25, 0.3) is 0 Å². The van der Waals surface area contributed by atoms with Crippen molar-refractivity contribution in [2.45, 2.75) is 39.2 Å². The van der Waals surface area contributed by atoms with Crippen LogP contribution in [0, 0.1) is 6.92 Å². The third kappa shape index (κ3) is 5.21. The summed E-state index contributed by atoms with van der Waals surface area (Å²) in [4.78, 5) is 22.8. The Morgan fingerprint density at radius 2 is 2.10 bits per heavy atom. The minimum atomic E-state index is -1.01. The molecule has 0 bridgehead atoms. The molecule has 1 unspecified atom stereocenters. The lowest BCUT2D eigenvalue weighted by atomic mass is 10.1. The van der Waals surface area contributed by atoms with Gasteiger partial charge in [0.15, 0.2) is 0 Å². The van der Waals surface area contributed by atoms with Gasteiger partial charge in [-0.1, -0.05) is 35.7 Å². The molecule has 0 fully saturated rings. The number of anilines is 1. The largest absolute Gasteiger partial charge is 0.480 e. The summed E-state index contributed by atoms with van der Waals surface area (Å²) in [7, 11) is 0. The van der Waals surface area contributed by atoms with Crippen LogP contribution in [0.1, 0.15) is 31.7 Å². The van der Waals surface area contributed by atoms with E-state index in [9.17, 15) is 9.59 Å². The molecule has 0 spiro atoms. The third-order valence-corrected chi connectivity index (χ3v) is 3.76. The van der Waals surface area contributed by atoms with E-state index in [-0.39, 0.29) is 0 Å². The van der Waals surface area contributed by atoms with Crippen LogP contribution >= 0.6 is 15.9 Å². The van der Waals surface area contributed by atoms with E-state index in [0.29, 0.717) is 12.1 Å². The Morgan fingerprint density at radius 3 is 2.65 bits per heavy atom. The van der Waals surface area contributed by atoms with Crippen molar-refractivity contribution < 1.29 is 14.7 Å². The number of benzene rings is 1. The van der Waals surface area contributed by atoms with E-state index in [1.165, 1.54) is 0 Å². The molecule has 1 aromatic carbocycles. The molecule has 0 aliphatic carbocycles. The van der Waals surface area contributed by atoms with E-state index >= 15 is 0 Å². The lowest BCUT2D eigenvalue weighted by Crippen LogP contribution is -2.42. The molecule has 0 saturated carbocycles. The number of aliphatic carboxylic acids is 1. The van der Waals surface area contributed by atoms with Crippen LogP contribution in [0.2, 0.25) is 0 Å². The van der Waals surface area contributed by atoms with Gasteiger partial charge in [0.2, 0.25) is 0 Å². The van der Waals surface area contributed by atoms with E-state index in [0.717, 1.165) is 22.9 Å². The number of rotatable bonds is 6. The standard InChI is InChI=1S/C14H19BrN2O3/c1-3-4-5-12(13(18)19)17-14(20)16-10-6-7-11(15)9(2)8-10/h6-8,12H,3-5H2,1-2H3,(H,18,19)(H2,16,17,20). The maximum absolute atomic E-state index is 11.8. The molecule has 2 amide bonds. The first kappa shape index (κ1) is 16.5. The van der Waals surface area contributed by atoms with Crippen molar-refractivity contribution in [3.8, 4) is 0 Å². The number of nitrogens with one attached hydrogen (secondary N) is 2. The molecule has 1 rings (SSSR count). The number of carboxylic acid groups (broad SMARTS) is 1. The van der Waals surface area contributed by atoms with Gasteiger partial charge in [0.05, 0.1) is 0 Å². The molecule has 5 nitrogen and oxygen atoms in total. The number of halogens is 1. The molecule has 0 heterocycles. The zero-order valence-corrected chi connectivity index (χ0v) is 13.2. The van der Waals surface area contributed by atoms with Gasteiger partial charge in [-0.3, -0.25) is 0 Å². The van der Waals surface area contributed by atoms with E-state index < -0.39 is 18.0 Å². The average Bonchev–Trinajstić information content (AvgIpc) is 2.38. The van der Waals surface area contributed by atoms with E-state index in [4.69, 9.17) is 5.11 Å². The van der Waals surface area contributed by atoms with E-state index in [1.54, 1.807) is 6.07 Å². The van der Waals surface area contributed by atoms with Gasteiger partial charge in [-0.15, -0.1) is 0 Å². The predicted molar refractivity (Wildman–Crippen MR) is 82.0 cm³/mol. The first-order valence-electron chi connectivity index (χ1n) is 6.50. The third-order valence-electron chi connectivity index (χ3n) is 2.87. The minimum Gasteiger partial charge on any atom is -0.480 e. The Balaban J connectivity index is 2.60. The second kappa shape index (κ2) is 7.89. The first-order valence-corrected chi connectivity index (χ1v) is 7.29. The smallest absolute Gasteiger partial charge is 0.326 e. The van der Waals surface area contributed by atoms with Gasteiger partial charge >= 0.3 is 12.0 Å². The number of aryl methyl sites for hydroxylation is 1. The molecule has 0 radical (unpaired) electrons. The number of urea groups is 1. The quantitative estimate of drug-likeness (QED) is 0.739. The summed E-state index contributed by atoms with van der Waals surface area (Å²) in [6, 6.07) is 4.03. The number of amides is 2. The highest BCUT2D eigenvalue weighted by Gasteiger charge is 2.19. The molecular formula is C14H19BrN2O3. The van der Waals surface area contributed by atoms with E-state index in [1.807, 2.05) is 26.0 Å². The normalized spacial score (nSPS) is 11.8. The Labute approximate surface area is 126 Å². The fourth-order valence-corrected chi connectivity index (χ4v) is 1.96. The maximum Gasteiger partial charge on any atom is 0.326 e. The zero-order valence-electron chi connectivity index (χ0n) is 11.6. The SMILES string of the molecule is CCCCC(NC(=O)Nc1ccc(Br)c(C)c1)C(=O)O. The molecule has 3 N–H and O–H groups in total. The van der Waals surface area contributed by atoms with Crippen molar-refractivity contribution in [1.82, 2.24) is 5.32 Å². The maximum atomic E-state index is 11.8. The average molecular weight is 343 g/mol. The lowest BCUT2D eigenvalue weighted by Gasteiger charge is -2.15. The van der Waals surface area contributed by atoms with Gasteiger partial charge in [-0.25, -0.2) is 9.59 Å². The predicted octanol–water partition coefficient (Wildman–Crippen LogP) is 3.52. The Hall–Kier alpha value is -1.56. The highest BCUT2D eigenvalue weighted by molar-refractivity contribution is 9.10. The van der Waals surface area contributed by atoms with Gasteiger partial charge in [-0.05, 0) is 37.1 Å². The van der Waals surface area contributed by atoms with Crippen LogP contribution < -0.4 is 10.6 Å². The van der Waals surface area contributed by atoms with Crippen molar-refractivity contribution in [2.24, 2.45) is 0 Å². The van der Waals surface area contributed by atoms with E-state index in [2.05, 4.69) is 26.6 Å². The van der Waals surface area contributed by atoms with Crippen molar-refractivity contribution in [3.63, 3.8) is 0 Å². The summed E-state index contributed by atoms with van der Waals surface area (Å²) < 4.78 is 0.954. The van der Waals surface area contributed by atoms with Crippen LogP contribution in [-0.2, 0) is 4.79 Å². The lowest BCUT2D eigenvalue weighted by molar-refractivity contribution is -0.139. The van der Waals surface area contributed by atoms with Gasteiger partial charge in [0.1, 0.15) is 6.04 Å². The molecule has 1 aromatic rings. The summed E-state index contributed by atoms with van der Waals surface area (Å²) in [6.45, 7) is 3.89. The second-order valence-electron chi connectivity index (χ2n) is 4.60. The van der Waals surface area contributed by atoms with Crippen LogP contribution in [0.4, 0.5) is 10.5 Å². The molecular weight excluding hydrogens is 324 g/mol. The number of carbonyl (C=O) groups excluding carboxylic acids is 1. The number of carbonyl (C=O) groups is 2. The summed E-state index contributed by atoms with van der Waals surface area (Å²) in [6.07, 6.45) is 2.08. The molecule has 0 aromatic heterocycles. The highest BCUT2D eigenvalue weighted by Crippen LogP contribution is 2.19. The molecule has 6 heteroatoms. The summed E-state index contributed by atoms with van der Waals surface area (Å²) >= 11 is 3.38. The Bertz CT molecular complexity index is 491. The second-order valence-corrected chi connectivity index (χ2v) is 5.45. The first-order chi connectivity index (χ1) is 9.43. The Kier molecular flexibility index (Phi) is 6.51. The fourth-order valence-electron chi connectivity index (χ4n) is 1.71. The molecule has 0 saturated heterocycles. The van der Waals surface area contributed by atoms with Crippen molar-refractivity contribution >= 4 is 33.6 Å². The minimum absolute atomic E-state index is 0.429. The van der Waals surface area contributed by atoms with Crippen molar-refractivity contribution in [2.75, 3.05) is 5.32 Å². The van der Waals surface area contributed by atoms with Crippen LogP contribution in [0.3, 0.4) is 0 Å². The Morgan fingerprint density at radius 1 is 1.40 bits per heavy atom. The van der Waals surface area contributed by atoms with Gasteiger partial charge in [0, 0.05) is 10.2 Å². The summed E-state index contributed by atoms with van der Waals surface area (Å²) in [5, 5.41) is 14.2. The van der Waals surface area contributed by atoms with Gasteiger partial charge in [-0.2, -0.15) is 0 Å². The van der Waals surface area contributed by atoms with Crippen molar-refractivity contribution in [1.29, 1.82) is 0 Å². The summed E-state index contributed by atoms with van der Waals surface area (Å²) in [5.74, 6) is -1.01. The number of hydrogen-bond donors (Lipinski definition) is 3. The van der Waals surface area contributed by atoms with Crippen LogP contribution in [0.15, 0.2) is 22.7 Å². The topological polar surface area (TPSA) is 78.4 Å². The molecule has 20 heavy (non-hydrogen) atoms. The molecule has 1 atom stereocenters. The molecule has 110 valence electrons. The van der Waals surface area contributed by atoms with Crippen molar-refractivity contribution in [3.05, 3.63) is 28.2 Å². The fraction of sp³-hybridized carbons (Fsp3) is 0.429. The molecule has 0 aliphatic heterocycles. The van der Waals surface area contributed by atoms with Gasteiger partial charge in [0.25, 0.3) is 0 Å². The number of hydrogen-bond acceptors (Lipinski definition) is 2. The van der Waals surface area contributed by atoms with Crippen LogP contribution in [0.5, 0.6) is 0 Å².